The average Bonchev–Trinajstić information content (AvgIpc) is 2.91. The van der Waals surface area contributed by atoms with Crippen LogP contribution < -0.4 is 5.32 Å². The fraction of sp³-hybridized carbons (Fsp3) is 0. The first-order valence-electron chi connectivity index (χ1n) is 6.67. The van der Waals surface area contributed by atoms with Gasteiger partial charge >= 0.3 is 0 Å². The molecule has 4 rings (SSSR count). The summed E-state index contributed by atoms with van der Waals surface area (Å²) in [4.78, 5) is 6.36. The van der Waals surface area contributed by atoms with Crippen LogP contribution in [0.1, 0.15) is 5.56 Å². The first-order valence-corrected chi connectivity index (χ1v) is 7.90. The first kappa shape index (κ1) is 12.7. The molecule has 0 bridgehead atoms. The SMILES string of the molecule is S=C1Nc2ccccc2S/C1=C/c1c[nH]c2ccccc12. The van der Waals surface area contributed by atoms with Crippen molar-refractivity contribution in [1.29, 1.82) is 0 Å². The third-order valence-electron chi connectivity index (χ3n) is 3.49. The average molecular weight is 308 g/mol. The van der Waals surface area contributed by atoms with Crippen molar-refractivity contribution in [2.24, 2.45) is 0 Å². The second kappa shape index (κ2) is 5.06. The van der Waals surface area contributed by atoms with Crippen LogP contribution in [0, 0.1) is 0 Å². The Labute approximate surface area is 132 Å². The molecule has 0 spiro atoms. The molecule has 0 amide bonds. The van der Waals surface area contributed by atoms with E-state index in [0.717, 1.165) is 26.7 Å². The molecule has 0 radical (unpaired) electrons. The van der Waals surface area contributed by atoms with Crippen molar-refractivity contribution in [2.45, 2.75) is 4.90 Å². The van der Waals surface area contributed by atoms with Crippen LogP contribution in [0.15, 0.2) is 64.5 Å². The van der Waals surface area contributed by atoms with Crippen molar-refractivity contribution in [2.75, 3.05) is 5.32 Å². The van der Waals surface area contributed by atoms with Gasteiger partial charge in [0.2, 0.25) is 0 Å². The van der Waals surface area contributed by atoms with E-state index in [9.17, 15) is 0 Å². The predicted octanol–water partition coefficient (Wildman–Crippen LogP) is 5.05. The molecule has 1 aliphatic rings. The maximum absolute atomic E-state index is 5.49. The molecule has 21 heavy (non-hydrogen) atoms. The largest absolute Gasteiger partial charge is 0.361 e. The summed E-state index contributed by atoms with van der Waals surface area (Å²) >= 11 is 7.20. The normalized spacial score (nSPS) is 16.0. The monoisotopic (exact) mass is 308 g/mol. The van der Waals surface area contributed by atoms with Crippen LogP contribution in [-0.2, 0) is 0 Å². The molecule has 0 atom stereocenters. The minimum atomic E-state index is 0.781. The summed E-state index contributed by atoms with van der Waals surface area (Å²) in [6.45, 7) is 0. The Bertz CT molecular complexity index is 877. The van der Waals surface area contributed by atoms with Crippen molar-refractivity contribution in [3.63, 3.8) is 0 Å². The Morgan fingerprint density at radius 3 is 2.76 bits per heavy atom. The molecule has 1 aromatic heterocycles. The van der Waals surface area contributed by atoms with E-state index in [2.05, 4.69) is 46.7 Å². The zero-order valence-electron chi connectivity index (χ0n) is 11.1. The molecule has 2 nitrogen and oxygen atoms in total. The molecule has 2 heterocycles. The first-order chi connectivity index (χ1) is 10.3. The number of hydrogen-bond donors (Lipinski definition) is 2. The zero-order chi connectivity index (χ0) is 14.2. The number of anilines is 1. The van der Waals surface area contributed by atoms with Gasteiger partial charge in [0.15, 0.2) is 0 Å². The summed E-state index contributed by atoms with van der Waals surface area (Å²) in [5.74, 6) is 0. The lowest BCUT2D eigenvalue weighted by Crippen LogP contribution is -2.14. The van der Waals surface area contributed by atoms with Crippen LogP contribution in [-0.4, -0.2) is 9.97 Å². The number of H-pyrrole nitrogens is 1. The van der Waals surface area contributed by atoms with Gasteiger partial charge in [0.1, 0.15) is 4.99 Å². The number of nitrogens with one attached hydrogen (secondary N) is 2. The highest BCUT2D eigenvalue weighted by Gasteiger charge is 2.17. The third-order valence-corrected chi connectivity index (χ3v) is 5.06. The highest BCUT2D eigenvalue weighted by molar-refractivity contribution is 8.05. The van der Waals surface area contributed by atoms with E-state index in [1.807, 2.05) is 24.4 Å². The van der Waals surface area contributed by atoms with Crippen molar-refractivity contribution < 1.29 is 0 Å². The summed E-state index contributed by atoms with van der Waals surface area (Å²) in [5.41, 5.74) is 3.39. The fourth-order valence-corrected chi connectivity index (χ4v) is 3.69. The van der Waals surface area contributed by atoms with E-state index in [-0.39, 0.29) is 0 Å². The van der Waals surface area contributed by atoms with Gasteiger partial charge < -0.3 is 10.3 Å². The summed E-state index contributed by atoms with van der Waals surface area (Å²) in [6.07, 6.45) is 4.18. The number of benzene rings is 2. The van der Waals surface area contributed by atoms with Gasteiger partial charge in [-0.25, -0.2) is 0 Å². The Balaban J connectivity index is 1.78. The third kappa shape index (κ3) is 2.26. The predicted molar refractivity (Wildman–Crippen MR) is 94.8 cm³/mol. The molecule has 2 N–H and O–H groups in total. The number of hydrogen-bond acceptors (Lipinski definition) is 2. The van der Waals surface area contributed by atoms with E-state index in [0.29, 0.717) is 0 Å². The standard InChI is InChI=1S/C17H12N2S2/c20-17-16(21-15-8-4-3-7-14(15)19-17)9-11-10-18-13-6-2-1-5-12(11)13/h1-10,18H,(H,19,20)/b16-9+. The van der Waals surface area contributed by atoms with Gasteiger partial charge in [-0.15, -0.1) is 0 Å². The fourth-order valence-electron chi connectivity index (χ4n) is 2.46. The molecule has 4 heteroatoms. The summed E-state index contributed by atoms with van der Waals surface area (Å²) in [5, 5.41) is 4.52. The quantitative estimate of drug-likeness (QED) is 0.486. The molecule has 0 unspecified atom stereocenters. The Morgan fingerprint density at radius 1 is 1.00 bits per heavy atom. The Hall–Kier alpha value is -2.04. The van der Waals surface area contributed by atoms with Gasteiger partial charge in [-0.3, -0.25) is 0 Å². The van der Waals surface area contributed by atoms with Crippen LogP contribution in [0.5, 0.6) is 0 Å². The lowest BCUT2D eigenvalue weighted by atomic mass is 10.1. The van der Waals surface area contributed by atoms with E-state index < -0.39 is 0 Å². The molecule has 0 saturated carbocycles. The molecule has 0 aliphatic carbocycles. The maximum Gasteiger partial charge on any atom is 0.117 e. The van der Waals surface area contributed by atoms with Crippen molar-refractivity contribution in [3.8, 4) is 0 Å². The molecule has 0 fully saturated rings. The molecular weight excluding hydrogens is 296 g/mol. The number of aromatic amines is 1. The van der Waals surface area contributed by atoms with E-state index in [4.69, 9.17) is 12.2 Å². The molecule has 0 saturated heterocycles. The second-order valence-corrected chi connectivity index (χ2v) is 6.34. The van der Waals surface area contributed by atoms with Crippen LogP contribution in [0.25, 0.3) is 17.0 Å². The topological polar surface area (TPSA) is 27.8 Å². The molecular formula is C17H12N2S2. The Morgan fingerprint density at radius 2 is 1.81 bits per heavy atom. The number of thioether (sulfide) groups is 1. The lowest BCUT2D eigenvalue weighted by Gasteiger charge is -2.20. The van der Waals surface area contributed by atoms with Gasteiger partial charge in [-0.1, -0.05) is 54.3 Å². The number of fused-ring (bicyclic) bond motifs is 2. The van der Waals surface area contributed by atoms with Crippen molar-refractivity contribution >= 4 is 51.6 Å². The molecule has 3 aromatic rings. The van der Waals surface area contributed by atoms with Crippen molar-refractivity contribution in [3.05, 3.63) is 65.2 Å². The van der Waals surface area contributed by atoms with Crippen LogP contribution >= 0.6 is 24.0 Å². The van der Waals surface area contributed by atoms with Gasteiger partial charge in [0.05, 0.1) is 5.69 Å². The highest BCUT2D eigenvalue weighted by atomic mass is 32.2. The molecule has 1 aliphatic heterocycles. The van der Waals surface area contributed by atoms with E-state index in [1.165, 1.54) is 10.3 Å². The van der Waals surface area contributed by atoms with Gasteiger partial charge in [0, 0.05) is 32.5 Å². The van der Waals surface area contributed by atoms with E-state index >= 15 is 0 Å². The van der Waals surface area contributed by atoms with Gasteiger partial charge in [0.25, 0.3) is 0 Å². The highest BCUT2D eigenvalue weighted by Crippen LogP contribution is 2.39. The minimum Gasteiger partial charge on any atom is -0.361 e. The van der Waals surface area contributed by atoms with Crippen molar-refractivity contribution in [1.82, 2.24) is 4.98 Å². The maximum atomic E-state index is 5.49. The van der Waals surface area contributed by atoms with Gasteiger partial charge in [-0.05, 0) is 24.3 Å². The smallest absolute Gasteiger partial charge is 0.117 e. The zero-order valence-corrected chi connectivity index (χ0v) is 12.7. The summed E-state index contributed by atoms with van der Waals surface area (Å²) in [7, 11) is 0. The number of para-hydroxylation sites is 2. The number of thiocarbonyl (C=S) groups is 1. The van der Waals surface area contributed by atoms with E-state index in [1.54, 1.807) is 11.8 Å². The molecule has 102 valence electrons. The van der Waals surface area contributed by atoms with Crippen LogP contribution in [0.4, 0.5) is 5.69 Å². The second-order valence-electron chi connectivity index (χ2n) is 4.85. The summed E-state index contributed by atoms with van der Waals surface area (Å²) in [6, 6.07) is 16.5. The van der Waals surface area contributed by atoms with Gasteiger partial charge in [-0.2, -0.15) is 0 Å². The summed E-state index contributed by atoms with van der Waals surface area (Å²) < 4.78 is 0. The number of aromatic nitrogens is 1. The lowest BCUT2D eigenvalue weighted by molar-refractivity contribution is 1.44. The molecule has 2 aromatic carbocycles. The van der Waals surface area contributed by atoms with Crippen LogP contribution in [0.3, 0.4) is 0 Å². The minimum absolute atomic E-state index is 0.781. The number of rotatable bonds is 1. The Kier molecular flexibility index (Phi) is 3.05. The van der Waals surface area contributed by atoms with Crippen LogP contribution in [0.2, 0.25) is 0 Å².